The summed E-state index contributed by atoms with van der Waals surface area (Å²) in [5.41, 5.74) is 0.544. The molecule has 118 valence electrons. The molecular formula is C13H18O8. The van der Waals surface area contributed by atoms with Crippen LogP contribution in [0.2, 0.25) is 0 Å². The zero-order chi connectivity index (χ0) is 15.5. The van der Waals surface area contributed by atoms with Gasteiger partial charge in [-0.05, 0) is 17.7 Å². The van der Waals surface area contributed by atoms with Gasteiger partial charge in [0.05, 0.1) is 13.7 Å². The van der Waals surface area contributed by atoms with Gasteiger partial charge >= 0.3 is 6.16 Å². The average molecular weight is 302 g/mol. The van der Waals surface area contributed by atoms with Crippen LogP contribution in [0, 0.1) is 0 Å². The van der Waals surface area contributed by atoms with Gasteiger partial charge in [-0.25, -0.2) is 14.6 Å². The SMILES string of the molecule is COC(=O)OCCOOCCOc1cc(O)cc(CO)c1. The number of rotatable bonds is 9. The molecule has 21 heavy (non-hydrogen) atoms. The highest BCUT2D eigenvalue weighted by molar-refractivity contribution is 5.59. The fraction of sp³-hybridized carbons (Fsp3) is 0.462. The van der Waals surface area contributed by atoms with Gasteiger partial charge in [0.15, 0.2) is 0 Å². The summed E-state index contributed by atoms with van der Waals surface area (Å²) in [5, 5.41) is 18.4. The van der Waals surface area contributed by atoms with Crippen LogP contribution in [0.1, 0.15) is 5.56 Å². The van der Waals surface area contributed by atoms with Crippen molar-refractivity contribution in [1.82, 2.24) is 0 Å². The van der Waals surface area contributed by atoms with E-state index in [1.165, 1.54) is 19.2 Å². The summed E-state index contributed by atoms with van der Waals surface area (Å²) in [7, 11) is 1.21. The van der Waals surface area contributed by atoms with Crippen LogP contribution in [0.15, 0.2) is 18.2 Å². The highest BCUT2D eigenvalue weighted by Gasteiger charge is 2.02. The summed E-state index contributed by atoms with van der Waals surface area (Å²) in [5.74, 6) is 0.422. The summed E-state index contributed by atoms with van der Waals surface area (Å²) in [6.45, 7) is 0.217. The number of carbonyl (C=O) groups excluding carboxylic acids is 1. The number of methoxy groups -OCH3 is 1. The monoisotopic (exact) mass is 302 g/mol. The van der Waals surface area contributed by atoms with Crippen molar-refractivity contribution in [2.45, 2.75) is 6.61 Å². The van der Waals surface area contributed by atoms with E-state index < -0.39 is 6.16 Å². The van der Waals surface area contributed by atoms with Gasteiger partial charge in [0.1, 0.15) is 37.9 Å². The smallest absolute Gasteiger partial charge is 0.508 e. The van der Waals surface area contributed by atoms with E-state index in [0.717, 1.165) is 0 Å². The quantitative estimate of drug-likeness (QED) is 0.301. The molecule has 0 saturated heterocycles. The maximum Gasteiger partial charge on any atom is 0.508 e. The minimum absolute atomic E-state index is 0.00803. The Hall–Kier alpha value is -2.03. The normalized spacial score (nSPS) is 10.2. The zero-order valence-corrected chi connectivity index (χ0v) is 11.6. The molecule has 0 heterocycles. The predicted octanol–water partition coefficient (Wildman–Crippen LogP) is 0.994. The maximum atomic E-state index is 10.6. The van der Waals surface area contributed by atoms with Gasteiger partial charge in [-0.3, -0.25) is 0 Å². The molecule has 0 aromatic heterocycles. The van der Waals surface area contributed by atoms with Gasteiger partial charge in [-0.2, -0.15) is 0 Å². The van der Waals surface area contributed by atoms with Gasteiger partial charge in [0.2, 0.25) is 0 Å². The second-order valence-electron chi connectivity index (χ2n) is 3.79. The van der Waals surface area contributed by atoms with Crippen molar-refractivity contribution >= 4 is 6.16 Å². The minimum atomic E-state index is -0.787. The lowest BCUT2D eigenvalue weighted by molar-refractivity contribution is -0.299. The van der Waals surface area contributed by atoms with Gasteiger partial charge < -0.3 is 24.4 Å². The summed E-state index contributed by atoms with van der Waals surface area (Å²) in [6.07, 6.45) is -0.787. The van der Waals surface area contributed by atoms with Crippen molar-refractivity contribution in [3.05, 3.63) is 23.8 Å². The van der Waals surface area contributed by atoms with Crippen molar-refractivity contribution in [1.29, 1.82) is 0 Å². The van der Waals surface area contributed by atoms with E-state index in [4.69, 9.17) is 19.6 Å². The molecule has 0 fully saturated rings. The molecule has 1 aromatic rings. The van der Waals surface area contributed by atoms with Crippen molar-refractivity contribution < 1.29 is 39.0 Å². The number of phenolic OH excluding ortho intramolecular Hbond substituents is 1. The number of benzene rings is 1. The van der Waals surface area contributed by atoms with Crippen molar-refractivity contribution in [3.63, 3.8) is 0 Å². The minimum Gasteiger partial charge on any atom is -0.508 e. The van der Waals surface area contributed by atoms with Crippen LogP contribution in [0.25, 0.3) is 0 Å². The molecule has 0 radical (unpaired) electrons. The number of phenols is 1. The summed E-state index contributed by atoms with van der Waals surface area (Å²) in [6, 6.07) is 4.46. The largest absolute Gasteiger partial charge is 0.508 e. The molecule has 0 saturated carbocycles. The Balaban J connectivity index is 2.09. The number of hydrogen-bond donors (Lipinski definition) is 2. The topological polar surface area (TPSA) is 104 Å². The molecule has 8 nitrogen and oxygen atoms in total. The van der Waals surface area contributed by atoms with Crippen LogP contribution in [0.3, 0.4) is 0 Å². The molecule has 0 bridgehead atoms. The van der Waals surface area contributed by atoms with E-state index in [2.05, 4.69) is 9.47 Å². The van der Waals surface area contributed by atoms with Gasteiger partial charge in [-0.15, -0.1) is 0 Å². The Labute approximate surface area is 121 Å². The van der Waals surface area contributed by atoms with Crippen molar-refractivity contribution in [2.24, 2.45) is 0 Å². The molecule has 1 aromatic carbocycles. The Kier molecular flexibility index (Phi) is 7.95. The lowest BCUT2D eigenvalue weighted by atomic mass is 10.2. The standard InChI is InChI=1S/C13H18O8/c1-17-13(16)19-3-5-21-20-4-2-18-12-7-10(9-14)6-11(15)8-12/h6-8,14-15H,2-5,9H2,1H3. The third-order valence-corrected chi connectivity index (χ3v) is 2.21. The third-order valence-electron chi connectivity index (χ3n) is 2.21. The average Bonchev–Trinajstić information content (AvgIpc) is 2.48. The van der Waals surface area contributed by atoms with E-state index >= 15 is 0 Å². The van der Waals surface area contributed by atoms with Crippen LogP contribution in [-0.4, -0.2) is 49.9 Å². The molecule has 0 aliphatic heterocycles. The Morgan fingerprint density at radius 3 is 2.48 bits per heavy atom. The predicted molar refractivity (Wildman–Crippen MR) is 69.8 cm³/mol. The number of aliphatic hydroxyl groups is 1. The van der Waals surface area contributed by atoms with Gasteiger partial charge in [0, 0.05) is 6.07 Å². The maximum absolute atomic E-state index is 10.6. The summed E-state index contributed by atoms with van der Waals surface area (Å²) < 4.78 is 14.1. The molecule has 0 spiro atoms. The third kappa shape index (κ3) is 7.35. The Bertz CT molecular complexity index is 434. The summed E-state index contributed by atoms with van der Waals surface area (Å²) in [4.78, 5) is 20.1. The number of ether oxygens (including phenoxy) is 3. The van der Waals surface area contributed by atoms with E-state index in [9.17, 15) is 9.90 Å². The first-order valence-corrected chi connectivity index (χ1v) is 6.17. The number of aromatic hydroxyl groups is 1. The van der Waals surface area contributed by atoms with E-state index in [1.807, 2.05) is 0 Å². The first kappa shape index (κ1) is 17.0. The van der Waals surface area contributed by atoms with Crippen LogP contribution in [-0.2, 0) is 25.9 Å². The molecule has 0 aliphatic carbocycles. The van der Waals surface area contributed by atoms with Gasteiger partial charge in [0.25, 0.3) is 0 Å². The molecule has 0 atom stereocenters. The molecular weight excluding hydrogens is 284 g/mol. The molecule has 0 aliphatic rings. The van der Waals surface area contributed by atoms with Gasteiger partial charge in [-0.1, -0.05) is 0 Å². The fourth-order valence-electron chi connectivity index (χ4n) is 1.35. The lowest BCUT2D eigenvalue weighted by Gasteiger charge is -2.08. The number of aliphatic hydroxyl groups excluding tert-OH is 1. The number of hydrogen-bond acceptors (Lipinski definition) is 8. The van der Waals surface area contributed by atoms with E-state index in [1.54, 1.807) is 6.07 Å². The molecule has 1 rings (SSSR count). The van der Waals surface area contributed by atoms with Crippen LogP contribution >= 0.6 is 0 Å². The molecule has 2 N–H and O–H groups in total. The number of carbonyl (C=O) groups is 1. The Morgan fingerprint density at radius 1 is 1.10 bits per heavy atom. The highest BCUT2D eigenvalue weighted by atomic mass is 17.2. The summed E-state index contributed by atoms with van der Waals surface area (Å²) >= 11 is 0. The highest BCUT2D eigenvalue weighted by Crippen LogP contribution is 2.21. The fourth-order valence-corrected chi connectivity index (χ4v) is 1.35. The Morgan fingerprint density at radius 2 is 1.81 bits per heavy atom. The second-order valence-corrected chi connectivity index (χ2v) is 3.79. The lowest BCUT2D eigenvalue weighted by Crippen LogP contribution is -2.12. The van der Waals surface area contributed by atoms with Crippen LogP contribution in [0.4, 0.5) is 4.79 Å². The van der Waals surface area contributed by atoms with Crippen molar-refractivity contribution in [3.8, 4) is 11.5 Å². The van der Waals surface area contributed by atoms with Crippen LogP contribution < -0.4 is 4.74 Å². The first-order valence-electron chi connectivity index (χ1n) is 6.17. The molecule has 0 unspecified atom stereocenters. The zero-order valence-electron chi connectivity index (χ0n) is 11.6. The molecule has 8 heteroatoms. The second kappa shape index (κ2) is 9.81. The first-order chi connectivity index (χ1) is 10.2. The van der Waals surface area contributed by atoms with Crippen LogP contribution in [0.5, 0.6) is 11.5 Å². The van der Waals surface area contributed by atoms with Crippen molar-refractivity contribution in [2.75, 3.05) is 33.5 Å². The molecule has 0 amide bonds. The van der Waals surface area contributed by atoms with E-state index in [0.29, 0.717) is 11.3 Å². The van der Waals surface area contributed by atoms with E-state index in [-0.39, 0.29) is 38.8 Å².